The van der Waals surface area contributed by atoms with Crippen molar-refractivity contribution in [3.8, 4) is 6.07 Å². The molecule has 1 atom stereocenters. The molecule has 0 aromatic carbocycles. The van der Waals surface area contributed by atoms with Crippen molar-refractivity contribution in [1.29, 1.82) is 5.26 Å². The number of rotatable bonds is 2. The van der Waals surface area contributed by atoms with Crippen molar-refractivity contribution in [2.75, 3.05) is 0 Å². The van der Waals surface area contributed by atoms with Crippen LogP contribution >= 0.6 is 11.3 Å². The van der Waals surface area contributed by atoms with Gasteiger partial charge in [0.15, 0.2) is 0 Å². The molecular formula is C8H8N2OS. The second kappa shape index (κ2) is 3.88. The molecule has 0 unspecified atom stereocenters. The van der Waals surface area contributed by atoms with E-state index >= 15 is 0 Å². The van der Waals surface area contributed by atoms with Crippen molar-refractivity contribution in [2.24, 2.45) is 0 Å². The molecule has 0 saturated carbocycles. The molecule has 1 N–H and O–H groups in total. The van der Waals surface area contributed by atoms with Crippen LogP contribution in [0.5, 0.6) is 0 Å². The van der Waals surface area contributed by atoms with Gasteiger partial charge in [-0.2, -0.15) is 16.6 Å². The molecule has 1 rings (SSSR count). The van der Waals surface area contributed by atoms with Crippen LogP contribution in [0.1, 0.15) is 17.3 Å². The lowest BCUT2D eigenvalue weighted by molar-refractivity contribution is 0.0948. The molecule has 0 aliphatic rings. The highest BCUT2D eigenvalue weighted by atomic mass is 32.1. The highest BCUT2D eigenvalue weighted by molar-refractivity contribution is 7.08. The lowest BCUT2D eigenvalue weighted by Gasteiger charge is -2.03. The molecule has 0 spiro atoms. The molecule has 0 aliphatic carbocycles. The Morgan fingerprint density at radius 2 is 2.58 bits per heavy atom. The van der Waals surface area contributed by atoms with E-state index in [2.05, 4.69) is 5.32 Å². The lowest BCUT2D eigenvalue weighted by atomic mass is 10.3. The molecule has 62 valence electrons. The quantitative estimate of drug-likeness (QED) is 0.747. The van der Waals surface area contributed by atoms with Crippen LogP contribution in [0.2, 0.25) is 0 Å². The van der Waals surface area contributed by atoms with Crippen LogP contribution in [0.4, 0.5) is 0 Å². The number of thiophene rings is 1. The van der Waals surface area contributed by atoms with Gasteiger partial charge in [0.05, 0.1) is 11.6 Å². The number of nitrogens with zero attached hydrogens (tertiary/aromatic N) is 1. The summed E-state index contributed by atoms with van der Waals surface area (Å²) in [4.78, 5) is 11.2. The van der Waals surface area contributed by atoms with E-state index in [1.54, 1.807) is 18.4 Å². The molecule has 1 heterocycles. The van der Waals surface area contributed by atoms with E-state index in [0.717, 1.165) is 0 Å². The van der Waals surface area contributed by atoms with E-state index < -0.39 is 6.04 Å². The monoisotopic (exact) mass is 180 g/mol. The summed E-state index contributed by atoms with van der Waals surface area (Å²) < 4.78 is 0. The fraction of sp³-hybridized carbons (Fsp3) is 0.250. The average molecular weight is 180 g/mol. The van der Waals surface area contributed by atoms with Crippen molar-refractivity contribution in [2.45, 2.75) is 13.0 Å². The largest absolute Gasteiger partial charge is 0.337 e. The van der Waals surface area contributed by atoms with Gasteiger partial charge in [0.2, 0.25) is 0 Å². The third-order valence-corrected chi connectivity index (χ3v) is 2.01. The zero-order valence-corrected chi connectivity index (χ0v) is 7.39. The average Bonchev–Trinajstić information content (AvgIpc) is 2.56. The first-order chi connectivity index (χ1) is 5.74. The minimum absolute atomic E-state index is 0.190. The highest BCUT2D eigenvalue weighted by Gasteiger charge is 2.07. The summed E-state index contributed by atoms with van der Waals surface area (Å²) in [6, 6.07) is 3.22. The molecule has 0 aliphatic heterocycles. The van der Waals surface area contributed by atoms with Crippen LogP contribution < -0.4 is 5.32 Å². The zero-order valence-electron chi connectivity index (χ0n) is 6.57. The molecule has 1 amide bonds. The van der Waals surface area contributed by atoms with E-state index in [1.165, 1.54) is 11.3 Å². The van der Waals surface area contributed by atoms with Crippen LogP contribution in [0, 0.1) is 11.3 Å². The predicted molar refractivity (Wildman–Crippen MR) is 46.9 cm³/mol. The normalized spacial score (nSPS) is 11.7. The van der Waals surface area contributed by atoms with E-state index in [9.17, 15) is 4.79 Å². The van der Waals surface area contributed by atoms with Crippen molar-refractivity contribution in [1.82, 2.24) is 5.32 Å². The van der Waals surface area contributed by atoms with Crippen LogP contribution in [0.15, 0.2) is 16.8 Å². The van der Waals surface area contributed by atoms with Gasteiger partial charge < -0.3 is 5.32 Å². The lowest BCUT2D eigenvalue weighted by Crippen LogP contribution is -2.30. The number of hydrogen-bond acceptors (Lipinski definition) is 3. The highest BCUT2D eigenvalue weighted by Crippen LogP contribution is 2.05. The minimum atomic E-state index is -0.433. The second-order valence-electron chi connectivity index (χ2n) is 2.34. The maximum Gasteiger partial charge on any atom is 0.253 e. The summed E-state index contributed by atoms with van der Waals surface area (Å²) >= 11 is 1.46. The maximum atomic E-state index is 11.2. The smallest absolute Gasteiger partial charge is 0.253 e. The Hall–Kier alpha value is -1.34. The molecular weight excluding hydrogens is 172 g/mol. The summed E-state index contributed by atoms with van der Waals surface area (Å²) in [5.41, 5.74) is 0.613. The summed E-state index contributed by atoms with van der Waals surface area (Å²) in [7, 11) is 0. The first-order valence-electron chi connectivity index (χ1n) is 3.46. The number of carbonyl (C=O) groups is 1. The van der Waals surface area contributed by atoms with E-state index in [-0.39, 0.29) is 5.91 Å². The zero-order chi connectivity index (χ0) is 8.97. The van der Waals surface area contributed by atoms with Gasteiger partial charge in [0, 0.05) is 5.38 Å². The van der Waals surface area contributed by atoms with E-state index in [1.807, 2.05) is 11.4 Å². The standard InChI is InChI=1S/C8H8N2OS/c1-6(4-9)10-8(11)7-2-3-12-5-7/h2-3,5-6H,1H3,(H,10,11)/t6-/m1/s1. The maximum absolute atomic E-state index is 11.2. The number of hydrogen-bond donors (Lipinski definition) is 1. The molecule has 4 heteroatoms. The van der Waals surface area contributed by atoms with Crippen LogP contribution in [0.3, 0.4) is 0 Å². The van der Waals surface area contributed by atoms with Gasteiger partial charge in [-0.25, -0.2) is 0 Å². The number of nitrogens with one attached hydrogen (secondary N) is 1. The Labute approximate surface area is 74.6 Å². The number of amides is 1. The topological polar surface area (TPSA) is 52.9 Å². The summed E-state index contributed by atoms with van der Waals surface area (Å²) in [6.45, 7) is 1.64. The molecule has 1 aromatic heterocycles. The molecule has 12 heavy (non-hydrogen) atoms. The van der Waals surface area contributed by atoms with E-state index in [0.29, 0.717) is 5.56 Å². The molecule has 0 saturated heterocycles. The van der Waals surface area contributed by atoms with E-state index in [4.69, 9.17) is 5.26 Å². The Morgan fingerprint density at radius 3 is 3.08 bits per heavy atom. The van der Waals surface area contributed by atoms with Gasteiger partial charge >= 0.3 is 0 Å². The van der Waals surface area contributed by atoms with Gasteiger partial charge in [0.1, 0.15) is 6.04 Å². The number of nitriles is 1. The van der Waals surface area contributed by atoms with Crippen LogP contribution in [-0.2, 0) is 0 Å². The Bertz CT molecular complexity index is 299. The van der Waals surface area contributed by atoms with Gasteiger partial charge in [0.25, 0.3) is 5.91 Å². The second-order valence-corrected chi connectivity index (χ2v) is 3.12. The van der Waals surface area contributed by atoms with Crippen molar-refractivity contribution < 1.29 is 4.79 Å². The third kappa shape index (κ3) is 2.07. The fourth-order valence-electron chi connectivity index (χ4n) is 0.706. The molecule has 0 fully saturated rings. The van der Waals surface area contributed by atoms with Gasteiger partial charge in [-0.05, 0) is 18.4 Å². The Morgan fingerprint density at radius 1 is 1.83 bits per heavy atom. The van der Waals surface area contributed by atoms with Crippen molar-refractivity contribution in [3.63, 3.8) is 0 Å². The summed E-state index contributed by atoms with van der Waals surface area (Å²) in [6.07, 6.45) is 0. The van der Waals surface area contributed by atoms with Gasteiger partial charge in [-0.3, -0.25) is 4.79 Å². The molecule has 1 aromatic rings. The summed E-state index contributed by atoms with van der Waals surface area (Å²) in [5, 5.41) is 14.5. The van der Waals surface area contributed by atoms with Crippen molar-refractivity contribution >= 4 is 17.2 Å². The van der Waals surface area contributed by atoms with Gasteiger partial charge in [-0.1, -0.05) is 0 Å². The molecule has 0 bridgehead atoms. The van der Waals surface area contributed by atoms with Gasteiger partial charge in [-0.15, -0.1) is 0 Å². The Kier molecular flexibility index (Phi) is 2.83. The first kappa shape index (κ1) is 8.75. The van der Waals surface area contributed by atoms with Crippen molar-refractivity contribution in [3.05, 3.63) is 22.4 Å². The fourth-order valence-corrected chi connectivity index (χ4v) is 1.34. The molecule has 0 radical (unpaired) electrons. The van der Waals surface area contributed by atoms with Crippen LogP contribution in [0.25, 0.3) is 0 Å². The van der Waals surface area contributed by atoms with Crippen LogP contribution in [-0.4, -0.2) is 11.9 Å². The summed E-state index contributed by atoms with van der Waals surface area (Å²) in [5.74, 6) is -0.190. The third-order valence-electron chi connectivity index (χ3n) is 1.32. The SMILES string of the molecule is C[C@H](C#N)NC(=O)c1ccsc1. The minimum Gasteiger partial charge on any atom is -0.337 e. The first-order valence-corrected chi connectivity index (χ1v) is 4.41. The molecule has 3 nitrogen and oxygen atoms in total. The Balaban J connectivity index is 2.57. The number of carbonyl (C=O) groups excluding carboxylic acids is 1. The predicted octanol–water partition coefficient (Wildman–Crippen LogP) is 1.39.